The van der Waals surface area contributed by atoms with Crippen molar-refractivity contribution in [3.05, 3.63) is 208 Å². The minimum absolute atomic E-state index is 0.318. The Kier molecular flexibility index (Phi) is 7.06. The molecule has 0 aromatic heterocycles. The molecule has 0 saturated heterocycles. The van der Waals surface area contributed by atoms with Crippen LogP contribution in [0.25, 0.3) is 16.8 Å². The Hall–Kier alpha value is -6.46. The van der Waals surface area contributed by atoms with E-state index >= 15 is 0 Å². The molecule has 3 aliphatic rings. The highest BCUT2D eigenvalue weighted by atomic mass is 16.5. The number of benzene rings is 6. The minimum atomic E-state index is -0.561. The van der Waals surface area contributed by atoms with Crippen LogP contribution in [0.15, 0.2) is 174 Å². The van der Waals surface area contributed by atoms with E-state index in [2.05, 4.69) is 96.3 Å². The summed E-state index contributed by atoms with van der Waals surface area (Å²) in [6, 6.07) is 50.9. The lowest BCUT2D eigenvalue weighted by molar-refractivity contribution is 0.436. The zero-order valence-corrected chi connectivity index (χ0v) is 27.5. The zero-order valence-electron chi connectivity index (χ0n) is 27.5. The van der Waals surface area contributed by atoms with Crippen molar-refractivity contribution in [1.82, 2.24) is 5.32 Å². The van der Waals surface area contributed by atoms with Crippen LogP contribution in [0.1, 0.15) is 57.6 Å². The van der Waals surface area contributed by atoms with Gasteiger partial charge >= 0.3 is 0 Å². The van der Waals surface area contributed by atoms with Gasteiger partial charge in [-0.2, -0.15) is 0 Å². The molecule has 240 valence electrons. The van der Waals surface area contributed by atoms with Gasteiger partial charge in [-0.3, -0.25) is 0 Å². The van der Waals surface area contributed by atoms with Crippen LogP contribution in [-0.4, -0.2) is 11.7 Å². The van der Waals surface area contributed by atoms with Gasteiger partial charge in [0.2, 0.25) is 0 Å². The molecule has 1 unspecified atom stereocenters. The standard InChI is InChI=1S/C45H34N4O/c1-2-3-19-39(46)29-22-24-31(25-23-29)43-47-42(30-13-5-4-6-14-30)48-44(49-43)32-26-27-34-33-15-7-8-16-35(33)45(38(34)28-32)36-17-9-11-20-40(36)50-41-21-12-10-18-37(41)45/h2-28,42H,46H2,1H3,(H,47,48,49)/b3-2-,39-19-. The molecule has 0 amide bonds. The molecule has 1 atom stereocenters. The summed E-state index contributed by atoms with van der Waals surface area (Å²) in [6.07, 6.45) is 5.50. The first-order chi connectivity index (χ1) is 24.6. The summed E-state index contributed by atoms with van der Waals surface area (Å²) < 4.78 is 6.54. The largest absolute Gasteiger partial charge is 0.457 e. The Morgan fingerprint density at radius 2 is 1.30 bits per heavy atom. The van der Waals surface area contributed by atoms with Gasteiger partial charge in [0, 0.05) is 28.0 Å². The van der Waals surface area contributed by atoms with Crippen molar-refractivity contribution in [2.45, 2.75) is 18.5 Å². The fourth-order valence-electron chi connectivity index (χ4n) is 7.64. The Bertz CT molecular complexity index is 2360. The number of hydrogen-bond acceptors (Lipinski definition) is 5. The number of rotatable bonds is 5. The van der Waals surface area contributed by atoms with Crippen LogP contribution in [-0.2, 0) is 5.41 Å². The molecule has 6 aromatic carbocycles. The number of aliphatic imine (C=N–C) groups is 2. The quantitative estimate of drug-likeness (QED) is 0.183. The van der Waals surface area contributed by atoms with E-state index in [1.807, 2.05) is 79.7 Å². The lowest BCUT2D eigenvalue weighted by Gasteiger charge is -2.39. The molecule has 2 aliphatic heterocycles. The highest BCUT2D eigenvalue weighted by Crippen LogP contribution is 2.62. The summed E-state index contributed by atoms with van der Waals surface area (Å²) in [6.45, 7) is 1.97. The Labute approximate surface area is 291 Å². The highest BCUT2D eigenvalue weighted by Gasteiger charge is 2.51. The second-order valence-electron chi connectivity index (χ2n) is 12.7. The molecule has 5 nitrogen and oxygen atoms in total. The number of amidine groups is 2. The van der Waals surface area contributed by atoms with E-state index in [0.717, 1.165) is 50.7 Å². The zero-order chi connectivity index (χ0) is 33.7. The summed E-state index contributed by atoms with van der Waals surface area (Å²) >= 11 is 0. The predicted molar refractivity (Wildman–Crippen MR) is 203 cm³/mol. The van der Waals surface area contributed by atoms with Crippen molar-refractivity contribution >= 4 is 17.4 Å². The van der Waals surface area contributed by atoms with Crippen LogP contribution < -0.4 is 15.8 Å². The molecular formula is C45H34N4O. The lowest BCUT2D eigenvalue weighted by Crippen LogP contribution is -2.35. The third kappa shape index (κ3) is 4.62. The molecule has 6 aromatic rings. The third-order valence-corrected chi connectivity index (χ3v) is 9.92. The average molecular weight is 647 g/mol. The first-order valence-corrected chi connectivity index (χ1v) is 16.9. The molecule has 0 radical (unpaired) electrons. The molecule has 3 N–H and O–H groups in total. The number of nitrogens with two attached hydrogens (primary N) is 1. The van der Waals surface area contributed by atoms with Gasteiger partial charge in [0.15, 0.2) is 5.84 Å². The molecule has 1 aliphatic carbocycles. The van der Waals surface area contributed by atoms with E-state index in [1.165, 1.54) is 22.3 Å². The monoisotopic (exact) mass is 646 g/mol. The van der Waals surface area contributed by atoms with Gasteiger partial charge in [-0.15, -0.1) is 0 Å². The minimum Gasteiger partial charge on any atom is -0.457 e. The molecule has 2 heterocycles. The summed E-state index contributed by atoms with van der Waals surface area (Å²) in [5, 5.41) is 3.68. The van der Waals surface area contributed by atoms with E-state index in [-0.39, 0.29) is 6.17 Å². The van der Waals surface area contributed by atoms with Gasteiger partial charge < -0.3 is 15.8 Å². The van der Waals surface area contributed by atoms with Crippen LogP contribution in [0.3, 0.4) is 0 Å². The topological polar surface area (TPSA) is 72.0 Å². The SMILES string of the molecule is C/C=C\C=C(/N)c1ccc(C2=NC(c3ccccc3)NC(c3ccc4c(c3)C3(c5ccccc5Oc5ccccc53)c3ccccc3-4)=N2)cc1. The van der Waals surface area contributed by atoms with Gasteiger partial charge in [0.25, 0.3) is 0 Å². The number of ether oxygens (including phenoxy) is 1. The number of allylic oxidation sites excluding steroid dienone is 3. The van der Waals surface area contributed by atoms with Gasteiger partial charge in [-0.05, 0) is 64.6 Å². The van der Waals surface area contributed by atoms with Crippen LogP contribution >= 0.6 is 0 Å². The van der Waals surface area contributed by atoms with Gasteiger partial charge in [-0.1, -0.05) is 140 Å². The highest BCUT2D eigenvalue weighted by molar-refractivity contribution is 6.13. The fraction of sp³-hybridized carbons (Fsp3) is 0.0667. The fourth-order valence-corrected chi connectivity index (χ4v) is 7.64. The normalized spacial score (nSPS) is 16.7. The molecule has 5 heteroatoms. The van der Waals surface area contributed by atoms with Crippen LogP contribution in [0.2, 0.25) is 0 Å². The number of para-hydroxylation sites is 2. The van der Waals surface area contributed by atoms with E-state index < -0.39 is 5.41 Å². The Morgan fingerprint density at radius 1 is 0.680 bits per heavy atom. The second kappa shape index (κ2) is 11.9. The van der Waals surface area contributed by atoms with Crippen LogP contribution in [0.5, 0.6) is 11.5 Å². The van der Waals surface area contributed by atoms with Crippen LogP contribution in [0, 0.1) is 0 Å². The first kappa shape index (κ1) is 29.7. The van der Waals surface area contributed by atoms with E-state index in [0.29, 0.717) is 11.5 Å². The third-order valence-electron chi connectivity index (χ3n) is 9.92. The maximum absolute atomic E-state index is 6.54. The van der Waals surface area contributed by atoms with Gasteiger partial charge in [-0.25, -0.2) is 9.98 Å². The molecule has 1 spiro atoms. The summed E-state index contributed by atoms with van der Waals surface area (Å²) in [4.78, 5) is 10.3. The molecule has 0 fully saturated rings. The summed E-state index contributed by atoms with van der Waals surface area (Å²) in [7, 11) is 0. The van der Waals surface area contributed by atoms with Crippen molar-refractivity contribution in [2.75, 3.05) is 0 Å². The van der Waals surface area contributed by atoms with Gasteiger partial charge in [0.1, 0.15) is 23.5 Å². The second-order valence-corrected chi connectivity index (χ2v) is 12.7. The number of fused-ring (bicyclic) bond motifs is 9. The predicted octanol–water partition coefficient (Wildman–Crippen LogP) is 9.53. The molecule has 9 rings (SSSR count). The van der Waals surface area contributed by atoms with Crippen LogP contribution in [0.4, 0.5) is 0 Å². The smallest absolute Gasteiger partial charge is 0.159 e. The average Bonchev–Trinajstić information content (AvgIpc) is 3.47. The first-order valence-electron chi connectivity index (χ1n) is 16.9. The number of hydrogen-bond donors (Lipinski definition) is 2. The summed E-state index contributed by atoms with van der Waals surface area (Å²) in [5.74, 6) is 3.17. The van der Waals surface area contributed by atoms with E-state index in [1.54, 1.807) is 0 Å². The molecule has 0 bridgehead atoms. The number of nitrogens with zero attached hydrogens (tertiary/aromatic N) is 2. The van der Waals surface area contributed by atoms with Crippen molar-refractivity contribution < 1.29 is 4.74 Å². The maximum Gasteiger partial charge on any atom is 0.159 e. The lowest BCUT2D eigenvalue weighted by atomic mass is 9.66. The van der Waals surface area contributed by atoms with Crippen molar-refractivity contribution in [2.24, 2.45) is 15.7 Å². The molecule has 0 saturated carbocycles. The van der Waals surface area contributed by atoms with E-state index in [9.17, 15) is 0 Å². The Balaban J connectivity index is 1.22. The molecule has 50 heavy (non-hydrogen) atoms. The van der Waals surface area contributed by atoms with Crippen molar-refractivity contribution in [1.29, 1.82) is 0 Å². The maximum atomic E-state index is 6.54. The Morgan fingerprint density at radius 3 is 2.02 bits per heavy atom. The van der Waals surface area contributed by atoms with Crippen molar-refractivity contribution in [3.63, 3.8) is 0 Å². The molecular weight excluding hydrogens is 613 g/mol. The van der Waals surface area contributed by atoms with E-state index in [4.69, 9.17) is 20.5 Å². The number of nitrogens with one attached hydrogen (secondary N) is 1. The van der Waals surface area contributed by atoms with Crippen molar-refractivity contribution in [3.8, 4) is 22.6 Å². The van der Waals surface area contributed by atoms with Gasteiger partial charge in [0.05, 0.1) is 5.41 Å². The summed E-state index contributed by atoms with van der Waals surface area (Å²) in [5.41, 5.74) is 17.6.